The molecule has 4 unspecified atom stereocenters. The Morgan fingerprint density at radius 2 is 1.81 bits per heavy atom. The summed E-state index contributed by atoms with van der Waals surface area (Å²) >= 11 is 0. The third-order valence-corrected chi connectivity index (χ3v) is 6.29. The van der Waals surface area contributed by atoms with Gasteiger partial charge >= 0.3 is 12.3 Å². The molecule has 2 aliphatic rings. The average Bonchev–Trinajstić information content (AvgIpc) is 3.39. The third-order valence-electron chi connectivity index (χ3n) is 6.29. The van der Waals surface area contributed by atoms with Crippen molar-refractivity contribution in [3.8, 4) is 17.2 Å². The lowest BCUT2D eigenvalue weighted by atomic mass is 9.76. The summed E-state index contributed by atoms with van der Waals surface area (Å²) in [4.78, 5) is 12.6. The molecule has 0 aliphatic carbocycles. The summed E-state index contributed by atoms with van der Waals surface area (Å²) in [6.45, 7) is 3.79. The van der Waals surface area contributed by atoms with E-state index in [1.165, 1.54) is 12.1 Å². The van der Waals surface area contributed by atoms with Crippen molar-refractivity contribution < 1.29 is 36.9 Å². The summed E-state index contributed by atoms with van der Waals surface area (Å²) in [6, 6.07) is 12.0. The van der Waals surface area contributed by atoms with Crippen molar-refractivity contribution in [3.63, 3.8) is 0 Å². The Labute approximate surface area is 184 Å². The van der Waals surface area contributed by atoms with Crippen LogP contribution in [0, 0.1) is 5.92 Å². The molecule has 2 saturated heterocycles. The van der Waals surface area contributed by atoms with Crippen molar-refractivity contribution in [2.24, 2.45) is 5.92 Å². The third kappa shape index (κ3) is 4.85. The number of rotatable bonds is 7. The quantitative estimate of drug-likeness (QED) is 0.387. The first-order valence-electron chi connectivity index (χ1n) is 10.7. The fourth-order valence-electron chi connectivity index (χ4n) is 4.52. The normalized spacial score (nSPS) is 24.1. The van der Waals surface area contributed by atoms with E-state index in [1.807, 2.05) is 13.8 Å². The zero-order chi connectivity index (χ0) is 22.9. The Morgan fingerprint density at radius 3 is 2.41 bits per heavy atom. The summed E-state index contributed by atoms with van der Waals surface area (Å²) in [5, 5.41) is 0. The monoisotopic (exact) mass is 450 g/mol. The van der Waals surface area contributed by atoms with Gasteiger partial charge in [-0.25, -0.2) is 4.79 Å². The SMILES string of the molecule is CCC(C)(Oc1cc(C(=O)Oc2ccccc2)ccc1OC(F)(F)F)C1CC2CCC1O2. The zero-order valence-corrected chi connectivity index (χ0v) is 17.9. The Balaban J connectivity index is 1.62. The van der Waals surface area contributed by atoms with Crippen molar-refractivity contribution >= 4 is 5.97 Å². The van der Waals surface area contributed by atoms with E-state index in [0.29, 0.717) is 12.2 Å². The van der Waals surface area contributed by atoms with Crippen LogP contribution in [0.1, 0.15) is 49.9 Å². The largest absolute Gasteiger partial charge is 0.573 e. The van der Waals surface area contributed by atoms with Crippen molar-refractivity contribution in [1.29, 1.82) is 0 Å². The highest BCUT2D eigenvalue weighted by Crippen LogP contribution is 2.48. The number of halogens is 3. The maximum Gasteiger partial charge on any atom is 0.573 e. The Hall–Kier alpha value is -2.74. The summed E-state index contributed by atoms with van der Waals surface area (Å²) in [7, 11) is 0. The van der Waals surface area contributed by atoms with Crippen LogP contribution in [0.5, 0.6) is 17.2 Å². The van der Waals surface area contributed by atoms with Crippen molar-refractivity contribution in [1.82, 2.24) is 0 Å². The number of hydrogen-bond donors (Lipinski definition) is 0. The lowest BCUT2D eigenvalue weighted by Gasteiger charge is -2.38. The molecule has 2 bridgehead atoms. The molecule has 2 aromatic carbocycles. The predicted molar refractivity (Wildman–Crippen MR) is 110 cm³/mol. The summed E-state index contributed by atoms with van der Waals surface area (Å²) in [6.07, 6.45) is -1.48. The first-order chi connectivity index (χ1) is 15.2. The van der Waals surface area contributed by atoms with Gasteiger partial charge in [-0.3, -0.25) is 0 Å². The van der Waals surface area contributed by atoms with E-state index in [-0.39, 0.29) is 29.4 Å². The Morgan fingerprint density at radius 1 is 1.06 bits per heavy atom. The molecule has 0 radical (unpaired) electrons. The van der Waals surface area contributed by atoms with Crippen molar-refractivity contribution in [2.75, 3.05) is 0 Å². The molecular weight excluding hydrogens is 425 g/mol. The molecule has 0 spiro atoms. The average molecular weight is 450 g/mol. The minimum absolute atomic E-state index is 0.0168. The van der Waals surface area contributed by atoms with Gasteiger partial charge in [-0.15, -0.1) is 13.2 Å². The van der Waals surface area contributed by atoms with Gasteiger partial charge in [-0.2, -0.15) is 0 Å². The predicted octanol–water partition coefficient (Wildman–Crippen LogP) is 5.92. The standard InChI is InChI=1S/C24H25F3O5/c1-3-23(2,18-14-17-10-12-19(18)29-17)31-21-13-15(9-11-20(21)32-24(25,26)27)22(28)30-16-7-5-4-6-8-16/h4-9,11,13,17-19H,3,10,12,14H2,1-2H3. The lowest BCUT2D eigenvalue weighted by molar-refractivity contribution is -0.275. The molecule has 0 saturated carbocycles. The second-order valence-corrected chi connectivity index (χ2v) is 8.40. The number of hydrogen-bond acceptors (Lipinski definition) is 5. The van der Waals surface area contributed by atoms with Crippen molar-refractivity contribution in [3.05, 3.63) is 54.1 Å². The number of alkyl halides is 3. The molecule has 172 valence electrons. The number of fused-ring (bicyclic) bond motifs is 2. The van der Waals surface area contributed by atoms with Gasteiger partial charge in [0, 0.05) is 5.92 Å². The van der Waals surface area contributed by atoms with E-state index in [2.05, 4.69) is 4.74 Å². The molecule has 2 aliphatic heterocycles. The van der Waals surface area contributed by atoms with Gasteiger partial charge in [0.25, 0.3) is 0 Å². The van der Waals surface area contributed by atoms with Gasteiger partial charge in [0.15, 0.2) is 11.5 Å². The molecule has 2 fully saturated rings. The number of esters is 1. The molecule has 2 aromatic rings. The molecule has 0 N–H and O–H groups in total. The topological polar surface area (TPSA) is 54.0 Å². The number of para-hydroxylation sites is 1. The molecule has 4 rings (SSSR count). The van der Waals surface area contributed by atoms with Crippen LogP contribution in [0.4, 0.5) is 13.2 Å². The summed E-state index contributed by atoms with van der Waals surface area (Å²) < 4.78 is 60.7. The Kier molecular flexibility index (Phi) is 6.07. The van der Waals surface area contributed by atoms with Crippen molar-refractivity contribution in [2.45, 2.75) is 63.7 Å². The molecular formula is C24H25F3O5. The highest BCUT2D eigenvalue weighted by Gasteiger charge is 2.50. The summed E-state index contributed by atoms with van der Waals surface area (Å²) in [5.74, 6) is -1.01. The minimum atomic E-state index is -4.90. The van der Waals surface area contributed by atoms with E-state index < -0.39 is 23.7 Å². The highest BCUT2D eigenvalue weighted by molar-refractivity contribution is 5.91. The molecule has 8 heteroatoms. The van der Waals surface area contributed by atoms with Crippen LogP contribution < -0.4 is 14.2 Å². The molecule has 0 aromatic heterocycles. The second-order valence-electron chi connectivity index (χ2n) is 8.40. The lowest BCUT2D eigenvalue weighted by Crippen LogP contribution is -2.45. The molecule has 0 amide bonds. The highest BCUT2D eigenvalue weighted by atomic mass is 19.4. The van der Waals surface area contributed by atoms with E-state index in [4.69, 9.17) is 14.2 Å². The van der Waals surface area contributed by atoms with Gasteiger partial charge in [0.05, 0.1) is 17.8 Å². The van der Waals surface area contributed by atoms with Gasteiger partial charge in [0.1, 0.15) is 11.4 Å². The van der Waals surface area contributed by atoms with E-state index in [1.54, 1.807) is 30.3 Å². The Bertz CT molecular complexity index is 962. The molecule has 32 heavy (non-hydrogen) atoms. The van der Waals surface area contributed by atoms with Crippen LogP contribution in [-0.2, 0) is 4.74 Å². The van der Waals surface area contributed by atoms with Gasteiger partial charge in [-0.1, -0.05) is 25.1 Å². The fourth-order valence-corrected chi connectivity index (χ4v) is 4.52. The van der Waals surface area contributed by atoms with Crippen LogP contribution in [0.2, 0.25) is 0 Å². The van der Waals surface area contributed by atoms with Crippen LogP contribution >= 0.6 is 0 Å². The molecule has 4 atom stereocenters. The minimum Gasteiger partial charge on any atom is -0.483 e. The van der Waals surface area contributed by atoms with Gasteiger partial charge in [-0.05, 0) is 62.9 Å². The van der Waals surface area contributed by atoms with E-state index in [0.717, 1.165) is 25.3 Å². The zero-order valence-electron chi connectivity index (χ0n) is 17.9. The molecule has 5 nitrogen and oxygen atoms in total. The number of carbonyl (C=O) groups is 1. The maximum atomic E-state index is 13.0. The second kappa shape index (κ2) is 8.65. The van der Waals surface area contributed by atoms with E-state index >= 15 is 0 Å². The van der Waals surface area contributed by atoms with Gasteiger partial charge in [0.2, 0.25) is 0 Å². The smallest absolute Gasteiger partial charge is 0.483 e. The van der Waals surface area contributed by atoms with Gasteiger partial charge < -0.3 is 18.9 Å². The maximum absolute atomic E-state index is 13.0. The van der Waals surface area contributed by atoms with E-state index in [9.17, 15) is 18.0 Å². The summed E-state index contributed by atoms with van der Waals surface area (Å²) in [5.41, 5.74) is -0.730. The number of benzene rings is 2. The van der Waals surface area contributed by atoms with Crippen LogP contribution in [0.3, 0.4) is 0 Å². The first kappa shape index (κ1) is 22.5. The van der Waals surface area contributed by atoms with Crippen LogP contribution in [0.25, 0.3) is 0 Å². The van der Waals surface area contributed by atoms with Crippen LogP contribution in [-0.4, -0.2) is 30.1 Å². The first-order valence-corrected chi connectivity index (χ1v) is 10.7. The fraction of sp³-hybridized carbons (Fsp3) is 0.458. The number of ether oxygens (including phenoxy) is 4. The number of carbonyl (C=O) groups excluding carboxylic acids is 1. The molecule has 2 heterocycles. The van der Waals surface area contributed by atoms with Crippen LogP contribution in [0.15, 0.2) is 48.5 Å².